The van der Waals surface area contributed by atoms with Gasteiger partial charge in [0.1, 0.15) is 29.8 Å². The number of carboxylic acids is 1. The molecule has 1 spiro atoms. The standard InChI is InChI=1S/C24H25ClN2O3.C2HF3O2/c25-19-4-5-22-18(12-19)13-24(30-22)7-10-27(11-8-24)15-20(28)16-29-23-3-1-2-17-14-26-9-6-21(17)23;3-2(4,5)1(6)7/h1-6,9,12,14,20,28H,7-8,10-11,13,15-16H2;(H,6,7)/t20-;/m0./s1. The molecule has 0 radical (unpaired) electrons. The van der Waals surface area contributed by atoms with Crippen LogP contribution < -0.4 is 9.47 Å². The third kappa shape index (κ3) is 6.82. The van der Waals surface area contributed by atoms with Crippen LogP contribution in [-0.4, -0.2) is 70.2 Å². The summed E-state index contributed by atoms with van der Waals surface area (Å²) in [6, 6.07) is 13.7. The predicted octanol–water partition coefficient (Wildman–Crippen LogP) is 4.73. The maximum atomic E-state index is 10.6. The summed E-state index contributed by atoms with van der Waals surface area (Å²) in [5.41, 5.74) is 1.08. The Morgan fingerprint density at radius 2 is 1.95 bits per heavy atom. The molecule has 1 atom stereocenters. The van der Waals surface area contributed by atoms with E-state index in [4.69, 9.17) is 31.0 Å². The molecule has 0 bridgehead atoms. The summed E-state index contributed by atoms with van der Waals surface area (Å²) in [6.07, 6.45) is 0.758. The number of rotatable bonds is 5. The third-order valence-electron chi connectivity index (χ3n) is 6.41. The molecule has 11 heteroatoms. The Labute approximate surface area is 216 Å². The van der Waals surface area contributed by atoms with Crippen LogP contribution >= 0.6 is 11.6 Å². The number of aliphatic carboxylic acids is 1. The van der Waals surface area contributed by atoms with Gasteiger partial charge in [-0.2, -0.15) is 13.2 Å². The number of hydrogen-bond donors (Lipinski definition) is 2. The van der Waals surface area contributed by atoms with E-state index in [1.807, 2.05) is 48.7 Å². The summed E-state index contributed by atoms with van der Waals surface area (Å²) in [4.78, 5) is 15.3. The molecule has 0 saturated carbocycles. The van der Waals surface area contributed by atoms with Gasteiger partial charge in [-0.25, -0.2) is 4.79 Å². The highest BCUT2D eigenvalue weighted by molar-refractivity contribution is 6.30. The second-order valence-electron chi connectivity index (χ2n) is 9.14. The average Bonchev–Trinajstić information content (AvgIpc) is 3.21. The molecule has 2 aliphatic heterocycles. The van der Waals surface area contributed by atoms with E-state index in [-0.39, 0.29) is 12.2 Å². The van der Waals surface area contributed by atoms with Crippen molar-refractivity contribution in [2.45, 2.75) is 37.1 Å². The van der Waals surface area contributed by atoms with Crippen LogP contribution in [-0.2, 0) is 11.2 Å². The number of pyridine rings is 1. The molecule has 3 aromatic rings. The molecule has 1 saturated heterocycles. The van der Waals surface area contributed by atoms with Crippen molar-refractivity contribution in [3.8, 4) is 11.5 Å². The molecule has 5 rings (SSSR count). The summed E-state index contributed by atoms with van der Waals surface area (Å²) in [5, 5.41) is 20.5. The summed E-state index contributed by atoms with van der Waals surface area (Å²) in [6.45, 7) is 2.67. The van der Waals surface area contributed by atoms with E-state index >= 15 is 0 Å². The normalized spacial score (nSPS) is 17.4. The Morgan fingerprint density at radius 3 is 2.65 bits per heavy atom. The number of piperidine rings is 1. The van der Waals surface area contributed by atoms with Crippen LogP contribution in [0.3, 0.4) is 0 Å². The van der Waals surface area contributed by atoms with Crippen LogP contribution in [0.2, 0.25) is 5.02 Å². The van der Waals surface area contributed by atoms with Crippen molar-refractivity contribution in [1.29, 1.82) is 0 Å². The number of β-amino-alcohol motifs (C(OH)–C–C–N with tert-alkyl or cyclic N) is 1. The molecule has 0 aliphatic carbocycles. The highest BCUT2D eigenvalue weighted by Gasteiger charge is 2.42. The zero-order valence-electron chi connectivity index (χ0n) is 19.7. The van der Waals surface area contributed by atoms with Crippen molar-refractivity contribution in [2.24, 2.45) is 0 Å². The van der Waals surface area contributed by atoms with E-state index < -0.39 is 18.2 Å². The number of carboxylic acid groups (broad SMARTS) is 1. The van der Waals surface area contributed by atoms with Gasteiger partial charge in [0, 0.05) is 67.1 Å². The van der Waals surface area contributed by atoms with E-state index in [9.17, 15) is 18.3 Å². The van der Waals surface area contributed by atoms with Crippen molar-refractivity contribution >= 4 is 28.3 Å². The Balaban J connectivity index is 0.000000405. The van der Waals surface area contributed by atoms with Crippen molar-refractivity contribution in [1.82, 2.24) is 9.88 Å². The first kappa shape index (κ1) is 27.0. The second kappa shape index (κ2) is 11.1. The summed E-state index contributed by atoms with van der Waals surface area (Å²) in [5.74, 6) is -1.01. The van der Waals surface area contributed by atoms with Gasteiger partial charge in [-0.05, 0) is 35.9 Å². The average molecular weight is 539 g/mol. The highest BCUT2D eigenvalue weighted by atomic mass is 35.5. The number of aliphatic hydroxyl groups excluding tert-OH is 1. The fourth-order valence-corrected chi connectivity index (χ4v) is 4.77. The third-order valence-corrected chi connectivity index (χ3v) is 6.65. The van der Waals surface area contributed by atoms with Gasteiger partial charge in [0.15, 0.2) is 0 Å². The first-order chi connectivity index (χ1) is 17.5. The first-order valence-corrected chi connectivity index (χ1v) is 12.1. The summed E-state index contributed by atoms with van der Waals surface area (Å²) < 4.78 is 44.0. The van der Waals surface area contributed by atoms with E-state index in [0.29, 0.717) is 6.54 Å². The van der Waals surface area contributed by atoms with Gasteiger partial charge in [-0.15, -0.1) is 0 Å². The number of nitrogens with zero attached hydrogens (tertiary/aromatic N) is 2. The van der Waals surface area contributed by atoms with E-state index in [1.165, 1.54) is 5.56 Å². The molecule has 1 aromatic heterocycles. The lowest BCUT2D eigenvalue weighted by molar-refractivity contribution is -0.192. The minimum absolute atomic E-state index is 0.123. The van der Waals surface area contributed by atoms with Crippen LogP contribution in [0.15, 0.2) is 54.9 Å². The van der Waals surface area contributed by atoms with Gasteiger partial charge < -0.3 is 24.6 Å². The van der Waals surface area contributed by atoms with Gasteiger partial charge in [0.05, 0.1) is 0 Å². The molecule has 2 N–H and O–H groups in total. The van der Waals surface area contributed by atoms with Gasteiger partial charge >= 0.3 is 12.1 Å². The van der Waals surface area contributed by atoms with Gasteiger partial charge in [-0.3, -0.25) is 4.98 Å². The Morgan fingerprint density at radius 1 is 1.22 bits per heavy atom. The van der Waals surface area contributed by atoms with Crippen LogP contribution in [0.1, 0.15) is 18.4 Å². The number of hydrogen-bond acceptors (Lipinski definition) is 6. The molecule has 7 nitrogen and oxygen atoms in total. The Bertz CT molecular complexity index is 1240. The minimum atomic E-state index is -5.08. The Kier molecular flexibility index (Phi) is 8.11. The quantitative estimate of drug-likeness (QED) is 0.485. The van der Waals surface area contributed by atoms with Crippen LogP contribution in [0.4, 0.5) is 13.2 Å². The number of aromatic nitrogens is 1. The van der Waals surface area contributed by atoms with Gasteiger partial charge in [0.25, 0.3) is 0 Å². The van der Waals surface area contributed by atoms with E-state index in [1.54, 1.807) is 6.20 Å². The number of alkyl halides is 3. The number of fused-ring (bicyclic) bond motifs is 2. The SMILES string of the molecule is O=C(O)C(F)(F)F.O[C@H](COc1cccc2cnccc12)CN1CCC2(CC1)Cc1cc(Cl)ccc1O2. The largest absolute Gasteiger partial charge is 0.490 e. The monoisotopic (exact) mass is 538 g/mol. The first-order valence-electron chi connectivity index (χ1n) is 11.7. The van der Waals surface area contributed by atoms with Crippen molar-refractivity contribution in [2.75, 3.05) is 26.2 Å². The summed E-state index contributed by atoms with van der Waals surface area (Å²) >= 11 is 6.13. The zero-order chi connectivity index (χ0) is 26.6. The molecule has 2 aromatic carbocycles. The number of likely N-dealkylation sites (tertiary alicyclic amines) is 1. The topological polar surface area (TPSA) is 92.1 Å². The molecule has 1 fully saturated rings. The highest BCUT2D eigenvalue weighted by Crippen LogP contribution is 2.42. The molecule has 3 heterocycles. The minimum Gasteiger partial charge on any atom is -0.490 e. The molecular weight excluding hydrogens is 513 g/mol. The number of ether oxygens (including phenoxy) is 2. The number of benzene rings is 2. The fraction of sp³-hybridized carbons (Fsp3) is 0.385. The Hall–Kier alpha value is -3.08. The number of aliphatic hydroxyl groups is 1. The lowest BCUT2D eigenvalue weighted by Gasteiger charge is -2.39. The van der Waals surface area contributed by atoms with E-state index in [2.05, 4.69) is 9.88 Å². The summed E-state index contributed by atoms with van der Waals surface area (Å²) in [7, 11) is 0. The molecule has 198 valence electrons. The van der Waals surface area contributed by atoms with E-state index in [0.717, 1.165) is 59.6 Å². The molecule has 2 aliphatic rings. The molecule has 37 heavy (non-hydrogen) atoms. The lowest BCUT2D eigenvalue weighted by atomic mass is 9.87. The van der Waals surface area contributed by atoms with Crippen molar-refractivity contribution in [3.05, 3.63) is 65.4 Å². The number of carbonyl (C=O) groups is 1. The molecular formula is C26H26ClF3N2O5. The molecule has 0 amide bonds. The van der Waals surface area contributed by atoms with Crippen LogP contribution in [0.5, 0.6) is 11.5 Å². The van der Waals surface area contributed by atoms with Crippen LogP contribution in [0.25, 0.3) is 10.8 Å². The predicted molar refractivity (Wildman–Crippen MR) is 131 cm³/mol. The maximum absolute atomic E-state index is 10.6. The fourth-order valence-electron chi connectivity index (χ4n) is 4.58. The second-order valence-corrected chi connectivity index (χ2v) is 9.57. The van der Waals surface area contributed by atoms with Gasteiger partial charge in [0.2, 0.25) is 0 Å². The van der Waals surface area contributed by atoms with Crippen molar-refractivity contribution < 1.29 is 37.7 Å². The van der Waals surface area contributed by atoms with Gasteiger partial charge in [-0.1, -0.05) is 23.7 Å². The molecule has 0 unspecified atom stereocenters. The van der Waals surface area contributed by atoms with Crippen molar-refractivity contribution in [3.63, 3.8) is 0 Å². The smallest absolute Gasteiger partial charge is 0.490 e. The lowest BCUT2D eigenvalue weighted by Crippen LogP contribution is -2.49. The maximum Gasteiger partial charge on any atom is 0.490 e. The van der Waals surface area contributed by atoms with Crippen LogP contribution in [0, 0.1) is 0 Å². The zero-order valence-corrected chi connectivity index (χ0v) is 20.5. The number of halogens is 4.